The third-order valence-corrected chi connectivity index (χ3v) is 8.65. The van der Waals surface area contributed by atoms with Crippen LogP contribution in [0.2, 0.25) is 0 Å². The first kappa shape index (κ1) is 24.6. The lowest BCUT2D eigenvalue weighted by Crippen LogP contribution is -2.02. The number of aromatic nitrogens is 4. The molecule has 0 atom stereocenters. The van der Waals surface area contributed by atoms with Crippen LogP contribution in [-0.4, -0.2) is 19.1 Å². The summed E-state index contributed by atoms with van der Waals surface area (Å²) in [4.78, 5) is 9.90. The van der Waals surface area contributed by atoms with E-state index >= 15 is 0 Å². The standard InChI is InChI=1S/C40H26N4/c1-3-11-27(12-4-1)29-19-21-31(22-20-29)43-36-17-9-7-15-32(36)34-23-24-35-33-16-8-10-18-37(33)44(39(35)38(34)43)40-41-25-30(26-42-40)28-13-5-2-6-14-28/h1-26H. The van der Waals surface area contributed by atoms with Crippen molar-refractivity contribution in [3.8, 4) is 33.9 Å². The molecule has 0 spiro atoms. The van der Waals surface area contributed by atoms with Crippen molar-refractivity contribution in [3.05, 3.63) is 158 Å². The van der Waals surface area contributed by atoms with Crippen molar-refractivity contribution in [1.82, 2.24) is 19.1 Å². The van der Waals surface area contributed by atoms with Gasteiger partial charge in [0.05, 0.1) is 22.1 Å². The predicted molar refractivity (Wildman–Crippen MR) is 182 cm³/mol. The Morgan fingerprint density at radius 2 is 0.795 bits per heavy atom. The van der Waals surface area contributed by atoms with E-state index in [1.54, 1.807) is 0 Å². The minimum atomic E-state index is 0.652. The van der Waals surface area contributed by atoms with Gasteiger partial charge in [-0.3, -0.25) is 4.57 Å². The molecule has 0 bridgehead atoms. The van der Waals surface area contributed by atoms with Gasteiger partial charge in [0.2, 0.25) is 5.95 Å². The normalized spacial score (nSPS) is 11.6. The number of hydrogen-bond acceptors (Lipinski definition) is 2. The summed E-state index contributed by atoms with van der Waals surface area (Å²) in [7, 11) is 0. The summed E-state index contributed by atoms with van der Waals surface area (Å²) in [5, 5.41) is 4.77. The largest absolute Gasteiger partial charge is 0.307 e. The zero-order valence-electron chi connectivity index (χ0n) is 23.8. The molecular weight excluding hydrogens is 536 g/mol. The van der Waals surface area contributed by atoms with Crippen molar-refractivity contribution < 1.29 is 0 Å². The van der Waals surface area contributed by atoms with Crippen molar-refractivity contribution in [1.29, 1.82) is 0 Å². The summed E-state index contributed by atoms with van der Waals surface area (Å²) >= 11 is 0. The summed E-state index contributed by atoms with van der Waals surface area (Å²) in [6, 6.07) is 51.4. The fourth-order valence-corrected chi connectivity index (χ4v) is 6.63. The van der Waals surface area contributed by atoms with Crippen LogP contribution in [0.15, 0.2) is 158 Å². The molecule has 4 heteroatoms. The van der Waals surface area contributed by atoms with E-state index in [1.807, 2.05) is 30.6 Å². The van der Waals surface area contributed by atoms with Crippen molar-refractivity contribution in [2.45, 2.75) is 0 Å². The third-order valence-electron chi connectivity index (χ3n) is 8.65. The lowest BCUT2D eigenvalue weighted by atomic mass is 10.1. The van der Waals surface area contributed by atoms with Crippen LogP contribution in [0.5, 0.6) is 0 Å². The van der Waals surface area contributed by atoms with Crippen LogP contribution in [0.1, 0.15) is 0 Å². The fourth-order valence-electron chi connectivity index (χ4n) is 6.63. The van der Waals surface area contributed by atoms with Crippen LogP contribution in [0, 0.1) is 0 Å². The number of fused-ring (bicyclic) bond motifs is 7. The van der Waals surface area contributed by atoms with Gasteiger partial charge in [0.25, 0.3) is 0 Å². The van der Waals surface area contributed by atoms with Crippen LogP contribution >= 0.6 is 0 Å². The summed E-state index contributed by atoms with van der Waals surface area (Å²) in [5.74, 6) is 0.652. The first-order chi connectivity index (χ1) is 21.8. The maximum Gasteiger partial charge on any atom is 0.234 e. The Kier molecular flexibility index (Phi) is 5.47. The first-order valence-electron chi connectivity index (χ1n) is 14.8. The minimum Gasteiger partial charge on any atom is -0.307 e. The predicted octanol–water partition coefficient (Wildman–Crippen LogP) is 10.0. The average Bonchev–Trinajstić information content (AvgIpc) is 3.62. The van der Waals surface area contributed by atoms with Crippen molar-refractivity contribution in [2.75, 3.05) is 0 Å². The van der Waals surface area contributed by atoms with E-state index in [2.05, 4.69) is 137 Å². The molecule has 0 aliphatic heterocycles. The van der Waals surface area contributed by atoms with Crippen LogP contribution < -0.4 is 0 Å². The number of benzene rings is 6. The SMILES string of the molecule is c1ccc(-c2ccc(-n3c4ccccc4c4ccc5c6ccccc6n(-c6ncc(-c7ccccc7)cn6)c5c43)cc2)cc1. The van der Waals surface area contributed by atoms with Crippen LogP contribution in [0.3, 0.4) is 0 Å². The molecule has 0 aliphatic rings. The molecule has 206 valence electrons. The molecule has 0 unspecified atom stereocenters. The Morgan fingerprint density at radius 1 is 0.341 bits per heavy atom. The highest BCUT2D eigenvalue weighted by atomic mass is 15.2. The second-order valence-electron chi connectivity index (χ2n) is 11.1. The van der Waals surface area contributed by atoms with E-state index in [-0.39, 0.29) is 0 Å². The van der Waals surface area contributed by atoms with Gasteiger partial charge in [-0.25, -0.2) is 9.97 Å². The van der Waals surface area contributed by atoms with E-state index in [0.29, 0.717) is 5.95 Å². The van der Waals surface area contributed by atoms with Crippen LogP contribution in [0.25, 0.3) is 77.5 Å². The fraction of sp³-hybridized carbons (Fsp3) is 0. The topological polar surface area (TPSA) is 35.6 Å². The molecule has 0 N–H and O–H groups in total. The highest BCUT2D eigenvalue weighted by molar-refractivity contribution is 6.23. The van der Waals surface area contributed by atoms with Crippen molar-refractivity contribution in [3.63, 3.8) is 0 Å². The van der Waals surface area contributed by atoms with Gasteiger partial charge in [-0.05, 0) is 41.0 Å². The van der Waals surface area contributed by atoms with Crippen molar-refractivity contribution in [2.24, 2.45) is 0 Å². The monoisotopic (exact) mass is 562 g/mol. The second kappa shape index (κ2) is 9.79. The lowest BCUT2D eigenvalue weighted by Gasteiger charge is -2.12. The van der Waals surface area contributed by atoms with E-state index < -0.39 is 0 Å². The van der Waals surface area contributed by atoms with Gasteiger partial charge in [0.15, 0.2) is 0 Å². The Labute approximate surface area is 254 Å². The molecule has 44 heavy (non-hydrogen) atoms. The number of nitrogens with zero attached hydrogens (tertiary/aromatic N) is 4. The molecule has 3 aromatic heterocycles. The molecule has 0 radical (unpaired) electrons. The molecule has 0 saturated carbocycles. The molecule has 9 rings (SSSR count). The summed E-state index contributed by atoms with van der Waals surface area (Å²) < 4.78 is 4.63. The van der Waals surface area contributed by atoms with E-state index in [4.69, 9.17) is 9.97 Å². The van der Waals surface area contributed by atoms with Gasteiger partial charge in [-0.1, -0.05) is 121 Å². The van der Waals surface area contributed by atoms with E-state index in [9.17, 15) is 0 Å². The highest BCUT2D eigenvalue weighted by Crippen LogP contribution is 2.41. The van der Waals surface area contributed by atoms with Gasteiger partial charge in [-0.15, -0.1) is 0 Å². The average molecular weight is 563 g/mol. The molecular formula is C40H26N4. The smallest absolute Gasteiger partial charge is 0.234 e. The van der Waals surface area contributed by atoms with Gasteiger partial charge in [-0.2, -0.15) is 0 Å². The summed E-state index contributed by atoms with van der Waals surface area (Å²) in [5.41, 5.74) is 10.1. The van der Waals surface area contributed by atoms with Gasteiger partial charge in [0.1, 0.15) is 0 Å². The Balaban J connectivity index is 1.35. The Morgan fingerprint density at radius 3 is 1.39 bits per heavy atom. The van der Waals surface area contributed by atoms with Gasteiger partial charge < -0.3 is 4.57 Å². The van der Waals surface area contributed by atoms with Crippen LogP contribution in [-0.2, 0) is 0 Å². The van der Waals surface area contributed by atoms with Crippen LogP contribution in [0.4, 0.5) is 0 Å². The van der Waals surface area contributed by atoms with Crippen molar-refractivity contribution >= 4 is 43.6 Å². The first-order valence-corrected chi connectivity index (χ1v) is 14.8. The molecule has 6 aromatic carbocycles. The van der Waals surface area contributed by atoms with E-state index in [0.717, 1.165) is 33.4 Å². The zero-order chi connectivity index (χ0) is 29.0. The minimum absolute atomic E-state index is 0.652. The second-order valence-corrected chi connectivity index (χ2v) is 11.1. The molecule has 0 saturated heterocycles. The molecule has 9 aromatic rings. The molecule has 3 heterocycles. The lowest BCUT2D eigenvalue weighted by molar-refractivity contribution is 0.989. The highest BCUT2D eigenvalue weighted by Gasteiger charge is 2.22. The Bertz CT molecular complexity index is 2280. The molecule has 0 amide bonds. The van der Waals surface area contributed by atoms with E-state index in [1.165, 1.54) is 38.2 Å². The maximum atomic E-state index is 4.95. The third kappa shape index (κ3) is 3.71. The zero-order valence-corrected chi connectivity index (χ0v) is 23.8. The van der Waals surface area contributed by atoms with Gasteiger partial charge in [0, 0.05) is 45.2 Å². The van der Waals surface area contributed by atoms with Gasteiger partial charge >= 0.3 is 0 Å². The quantitative estimate of drug-likeness (QED) is 0.214. The number of hydrogen-bond donors (Lipinski definition) is 0. The summed E-state index contributed by atoms with van der Waals surface area (Å²) in [6.07, 6.45) is 3.85. The molecule has 4 nitrogen and oxygen atoms in total. The summed E-state index contributed by atoms with van der Waals surface area (Å²) in [6.45, 7) is 0. The molecule has 0 aliphatic carbocycles. The molecule has 0 fully saturated rings. The number of para-hydroxylation sites is 2. The Hall–Kier alpha value is -6.00. The maximum absolute atomic E-state index is 4.95. The number of rotatable bonds is 4.